The molecule has 0 unspecified atom stereocenters. The largest absolute Gasteiger partial charge is 0.383 e. The maximum atomic E-state index is 11.8. The molecule has 114 valence electrons. The Bertz CT molecular complexity index is 717. The van der Waals surface area contributed by atoms with E-state index in [1.807, 2.05) is 0 Å². The predicted octanol–water partition coefficient (Wildman–Crippen LogP) is -0.512. The molecule has 0 aliphatic heterocycles. The second-order valence-corrected chi connectivity index (χ2v) is 9.32. The van der Waals surface area contributed by atoms with Crippen molar-refractivity contribution in [1.82, 2.24) is 9.78 Å². The minimum Gasteiger partial charge on any atom is -0.383 e. The Morgan fingerprint density at radius 3 is 2.35 bits per heavy atom. The molecule has 0 radical (unpaired) electrons. The number of aromatic nitrogens is 2. The molecular weight excluding hydrogens is 304 g/mol. The van der Waals surface area contributed by atoms with Crippen LogP contribution in [0.1, 0.15) is 12.8 Å². The van der Waals surface area contributed by atoms with Crippen molar-refractivity contribution in [3.05, 3.63) is 0 Å². The van der Waals surface area contributed by atoms with Crippen LogP contribution < -0.4 is 11.1 Å². The summed E-state index contributed by atoms with van der Waals surface area (Å²) in [6.45, 7) is 0.0273. The van der Waals surface area contributed by atoms with Crippen LogP contribution >= 0.6 is 0 Å². The minimum absolute atomic E-state index is 0.0273. The maximum absolute atomic E-state index is 11.8. The molecule has 0 atom stereocenters. The molecule has 0 amide bonds. The molecule has 2 rings (SSSR count). The second-order valence-electron chi connectivity index (χ2n) is 5.11. The molecule has 3 N–H and O–H groups in total. The fourth-order valence-electron chi connectivity index (χ4n) is 1.76. The van der Waals surface area contributed by atoms with E-state index in [0.29, 0.717) is 0 Å². The van der Waals surface area contributed by atoms with Gasteiger partial charge in [0.1, 0.15) is 15.7 Å². The molecule has 0 saturated heterocycles. The van der Waals surface area contributed by atoms with Crippen LogP contribution in [-0.2, 0) is 26.2 Å². The highest BCUT2D eigenvalue weighted by molar-refractivity contribution is 7.91. The van der Waals surface area contributed by atoms with Gasteiger partial charge in [-0.2, -0.15) is 5.10 Å². The third-order valence-corrected chi connectivity index (χ3v) is 4.98. The van der Waals surface area contributed by atoms with Crippen LogP contribution in [0.15, 0.2) is 4.90 Å². The molecule has 0 spiro atoms. The molecule has 10 heteroatoms. The quantitative estimate of drug-likeness (QED) is 0.722. The van der Waals surface area contributed by atoms with Gasteiger partial charge in [0.05, 0.1) is 12.3 Å². The molecule has 1 saturated carbocycles. The van der Waals surface area contributed by atoms with Crippen LogP contribution in [0.3, 0.4) is 0 Å². The van der Waals surface area contributed by atoms with Gasteiger partial charge < -0.3 is 11.1 Å². The lowest BCUT2D eigenvalue weighted by Crippen LogP contribution is -2.14. The number of hydrogen-bond donors (Lipinski definition) is 2. The van der Waals surface area contributed by atoms with Gasteiger partial charge in [0, 0.05) is 18.6 Å². The third-order valence-electron chi connectivity index (χ3n) is 2.91. The lowest BCUT2D eigenvalue weighted by molar-refractivity contribution is 0.588. The highest BCUT2D eigenvalue weighted by Gasteiger charge is 2.29. The highest BCUT2D eigenvalue weighted by Crippen LogP contribution is 2.31. The monoisotopic (exact) mass is 322 g/mol. The van der Waals surface area contributed by atoms with E-state index in [4.69, 9.17) is 5.73 Å². The van der Waals surface area contributed by atoms with Gasteiger partial charge in [-0.1, -0.05) is 0 Å². The molecule has 20 heavy (non-hydrogen) atoms. The highest BCUT2D eigenvalue weighted by atomic mass is 32.2. The van der Waals surface area contributed by atoms with Crippen molar-refractivity contribution >= 4 is 31.3 Å². The van der Waals surface area contributed by atoms with Crippen LogP contribution in [0.25, 0.3) is 0 Å². The van der Waals surface area contributed by atoms with Crippen molar-refractivity contribution in [3.63, 3.8) is 0 Å². The third kappa shape index (κ3) is 3.63. The van der Waals surface area contributed by atoms with Gasteiger partial charge in [-0.25, -0.2) is 21.5 Å². The first-order valence-electron chi connectivity index (χ1n) is 6.08. The first-order chi connectivity index (χ1) is 9.08. The van der Waals surface area contributed by atoms with Crippen molar-refractivity contribution in [3.8, 4) is 0 Å². The Morgan fingerprint density at radius 1 is 1.30 bits per heavy atom. The summed E-state index contributed by atoms with van der Waals surface area (Å²) in [7, 11) is -6.71. The Labute approximate surface area is 118 Å². The summed E-state index contributed by atoms with van der Waals surface area (Å²) in [6, 6.07) is 0.216. The molecule has 1 aromatic rings. The summed E-state index contributed by atoms with van der Waals surface area (Å²) in [6.07, 6.45) is 4.07. The predicted molar refractivity (Wildman–Crippen MR) is 76.1 cm³/mol. The van der Waals surface area contributed by atoms with E-state index >= 15 is 0 Å². The maximum Gasteiger partial charge on any atom is 0.182 e. The zero-order valence-corrected chi connectivity index (χ0v) is 13.0. The Morgan fingerprint density at radius 2 is 1.90 bits per heavy atom. The number of nitrogen functional groups attached to an aromatic ring is 1. The van der Waals surface area contributed by atoms with E-state index in [9.17, 15) is 16.8 Å². The molecule has 1 aliphatic rings. The molecule has 1 aromatic heterocycles. The number of sulfone groups is 2. The van der Waals surface area contributed by atoms with Gasteiger partial charge in [0.25, 0.3) is 0 Å². The minimum atomic E-state index is -3.54. The van der Waals surface area contributed by atoms with Crippen LogP contribution in [0.4, 0.5) is 11.6 Å². The van der Waals surface area contributed by atoms with Crippen LogP contribution in [0, 0.1) is 0 Å². The molecule has 0 aromatic carbocycles. The number of aryl methyl sites for hydroxylation is 1. The van der Waals surface area contributed by atoms with Gasteiger partial charge in [0.2, 0.25) is 0 Å². The second kappa shape index (κ2) is 4.92. The van der Waals surface area contributed by atoms with E-state index in [0.717, 1.165) is 25.4 Å². The number of rotatable bonds is 6. The molecular formula is C10H18N4O4S2. The summed E-state index contributed by atoms with van der Waals surface area (Å²) in [5.74, 6) is 0.0330. The smallest absolute Gasteiger partial charge is 0.182 e. The normalized spacial score (nSPS) is 16.3. The fourth-order valence-corrected chi connectivity index (χ4v) is 3.20. The summed E-state index contributed by atoms with van der Waals surface area (Å²) in [4.78, 5) is -0.0575. The number of nitrogens with two attached hydrogens (primary N) is 1. The van der Waals surface area contributed by atoms with Gasteiger partial charge in [-0.15, -0.1) is 0 Å². The van der Waals surface area contributed by atoms with Gasteiger partial charge >= 0.3 is 0 Å². The van der Waals surface area contributed by atoms with Crippen LogP contribution in [-0.4, -0.2) is 50.9 Å². The van der Waals surface area contributed by atoms with E-state index in [-0.39, 0.29) is 34.9 Å². The zero-order valence-electron chi connectivity index (χ0n) is 11.3. The molecule has 0 bridgehead atoms. The van der Waals surface area contributed by atoms with Crippen molar-refractivity contribution in [2.45, 2.75) is 30.3 Å². The van der Waals surface area contributed by atoms with Gasteiger partial charge in [-0.3, -0.25) is 0 Å². The average Bonchev–Trinajstić information content (AvgIpc) is 2.98. The van der Waals surface area contributed by atoms with Crippen molar-refractivity contribution in [2.75, 3.05) is 29.3 Å². The van der Waals surface area contributed by atoms with E-state index in [1.165, 1.54) is 4.68 Å². The zero-order chi connectivity index (χ0) is 15.1. The van der Waals surface area contributed by atoms with E-state index < -0.39 is 19.7 Å². The van der Waals surface area contributed by atoms with Crippen LogP contribution in [0.2, 0.25) is 0 Å². The van der Waals surface area contributed by atoms with Crippen LogP contribution in [0.5, 0.6) is 0 Å². The standard InChI is InChI=1S/C10H18N4O4S2/c1-19(15,16)6-5-14-9(11)8(20(2,17)18)10(13-14)12-7-3-4-7/h7H,3-6,11H2,1-2H3,(H,12,13). The lowest BCUT2D eigenvalue weighted by Gasteiger charge is -2.03. The molecule has 8 nitrogen and oxygen atoms in total. The average molecular weight is 322 g/mol. The molecule has 1 heterocycles. The number of nitrogens with one attached hydrogen (secondary N) is 1. The van der Waals surface area contributed by atoms with Crippen molar-refractivity contribution in [2.24, 2.45) is 0 Å². The van der Waals surface area contributed by atoms with Crippen molar-refractivity contribution in [1.29, 1.82) is 0 Å². The summed E-state index contributed by atoms with van der Waals surface area (Å²) in [5.41, 5.74) is 5.80. The first-order valence-corrected chi connectivity index (χ1v) is 10.0. The SMILES string of the molecule is CS(=O)(=O)CCn1nc(NC2CC2)c(S(C)(=O)=O)c1N. The Balaban J connectivity index is 2.36. The lowest BCUT2D eigenvalue weighted by atomic mass is 10.5. The molecule has 1 aliphatic carbocycles. The first kappa shape index (κ1) is 15.1. The topological polar surface area (TPSA) is 124 Å². The number of anilines is 2. The van der Waals surface area contributed by atoms with E-state index in [1.54, 1.807) is 0 Å². The number of nitrogens with zero attached hydrogens (tertiary/aromatic N) is 2. The Hall–Kier alpha value is -1.29. The van der Waals surface area contributed by atoms with E-state index in [2.05, 4.69) is 10.4 Å². The van der Waals surface area contributed by atoms with Crippen molar-refractivity contribution < 1.29 is 16.8 Å². The Kier molecular flexibility index (Phi) is 3.71. The molecule has 1 fully saturated rings. The summed E-state index contributed by atoms with van der Waals surface area (Å²) < 4.78 is 47.2. The summed E-state index contributed by atoms with van der Waals surface area (Å²) >= 11 is 0. The fraction of sp³-hybridized carbons (Fsp3) is 0.700. The summed E-state index contributed by atoms with van der Waals surface area (Å²) in [5, 5.41) is 7.11. The van der Waals surface area contributed by atoms with Gasteiger partial charge in [-0.05, 0) is 12.8 Å². The number of hydrogen-bond acceptors (Lipinski definition) is 7. The van der Waals surface area contributed by atoms with Gasteiger partial charge in [0.15, 0.2) is 20.6 Å².